The number of hydrogen-bond acceptors (Lipinski definition) is 2. The van der Waals surface area contributed by atoms with Crippen molar-refractivity contribution in [3.8, 4) is 0 Å². The lowest BCUT2D eigenvalue weighted by Crippen LogP contribution is -2.28. The Labute approximate surface area is 211 Å². The van der Waals surface area contributed by atoms with Gasteiger partial charge in [-0.2, -0.15) is 4.58 Å². The summed E-state index contributed by atoms with van der Waals surface area (Å²) in [5, 5.41) is 11.4. The van der Waals surface area contributed by atoms with E-state index in [2.05, 4.69) is 69.8 Å². The van der Waals surface area contributed by atoms with Crippen LogP contribution in [0.2, 0.25) is 0 Å². The number of nitrogens with zero attached hydrogens (tertiary/aromatic N) is 2. The Morgan fingerprint density at radius 3 is 2.31 bits per heavy atom. The van der Waals surface area contributed by atoms with E-state index >= 15 is 0 Å². The van der Waals surface area contributed by atoms with Crippen LogP contribution in [0, 0.1) is 0 Å². The van der Waals surface area contributed by atoms with Crippen molar-refractivity contribution < 1.29 is 14.5 Å². The molecule has 2 heterocycles. The molecule has 1 fully saturated rings. The van der Waals surface area contributed by atoms with Crippen LogP contribution in [0.5, 0.6) is 0 Å². The summed E-state index contributed by atoms with van der Waals surface area (Å²) in [6, 6.07) is 22.9. The molecule has 7 rings (SSSR count). The van der Waals surface area contributed by atoms with E-state index in [-0.39, 0.29) is 11.5 Å². The lowest BCUT2D eigenvalue weighted by atomic mass is 9.84. The maximum Gasteiger partial charge on any atom is 0.221 e. The van der Waals surface area contributed by atoms with Gasteiger partial charge in [-0.1, -0.05) is 60.7 Å². The lowest BCUT2D eigenvalue weighted by molar-refractivity contribution is -0.487. The van der Waals surface area contributed by atoms with Crippen molar-refractivity contribution in [2.75, 3.05) is 0 Å². The minimum atomic E-state index is -0.0385. The number of fused-ring (bicyclic) bond motifs is 2. The quantitative estimate of drug-likeness (QED) is 0.370. The summed E-state index contributed by atoms with van der Waals surface area (Å²) in [6.07, 6.45) is 8.56. The van der Waals surface area contributed by atoms with Crippen LogP contribution in [-0.4, -0.2) is 25.7 Å². The minimum Gasteiger partial charge on any atom is -0.506 e. The molecule has 3 aromatic rings. The summed E-state index contributed by atoms with van der Waals surface area (Å²) >= 11 is 0. The third-order valence-corrected chi connectivity index (χ3v) is 8.12. The average molecular weight is 474 g/mol. The summed E-state index contributed by atoms with van der Waals surface area (Å²) < 4.78 is 4.53. The highest BCUT2D eigenvalue weighted by Gasteiger charge is 2.45. The highest BCUT2D eigenvalue weighted by atomic mass is 16.3. The zero-order valence-electron chi connectivity index (χ0n) is 20.3. The Morgan fingerprint density at radius 2 is 1.56 bits per heavy atom. The molecule has 1 aliphatic heterocycles. The Hall–Kier alpha value is -3.92. The standard InChI is InChI=1S/C32H28N2O2/c35-31-29(27-17-23-13-7-15-25(23)33(27)19-21-9-3-1-4-10-21)32(36)30(31)28-18-24-14-8-16-26(24)34(28)20-22-11-5-2-6-12-22/h1-6,9-12,17-18H,7-8,13-16,19-20H2/p+1. The number of carbonyl (C=O) groups excluding carboxylic acids is 1. The molecule has 4 heteroatoms. The van der Waals surface area contributed by atoms with Crippen molar-refractivity contribution in [3.63, 3.8) is 0 Å². The molecular formula is C32H29N2O2+. The number of rotatable bonds is 5. The van der Waals surface area contributed by atoms with Crippen molar-refractivity contribution in [2.45, 2.75) is 51.6 Å². The van der Waals surface area contributed by atoms with Gasteiger partial charge < -0.3 is 9.67 Å². The first-order valence-corrected chi connectivity index (χ1v) is 13.1. The molecule has 0 bridgehead atoms. The fourth-order valence-electron chi connectivity index (χ4n) is 6.39. The maximum atomic E-state index is 13.8. The molecular weight excluding hydrogens is 444 g/mol. The Balaban J connectivity index is 1.32. The van der Waals surface area contributed by atoms with Crippen LogP contribution < -0.4 is 0 Å². The molecule has 178 valence electrons. The average Bonchev–Trinajstić information content (AvgIpc) is 3.66. The van der Waals surface area contributed by atoms with Crippen molar-refractivity contribution >= 4 is 17.1 Å². The molecule has 4 aliphatic rings. The van der Waals surface area contributed by atoms with Gasteiger partial charge in [-0.25, -0.2) is 0 Å². The van der Waals surface area contributed by atoms with Crippen LogP contribution in [0.25, 0.3) is 5.57 Å². The predicted octanol–water partition coefficient (Wildman–Crippen LogP) is 5.91. The Kier molecular flexibility index (Phi) is 4.95. The second-order valence-corrected chi connectivity index (χ2v) is 10.3. The van der Waals surface area contributed by atoms with Gasteiger partial charge in [0.15, 0.2) is 12.3 Å². The lowest BCUT2D eigenvalue weighted by Gasteiger charge is -2.23. The van der Waals surface area contributed by atoms with Gasteiger partial charge in [0.2, 0.25) is 11.5 Å². The van der Waals surface area contributed by atoms with Crippen molar-refractivity contribution in [1.82, 2.24) is 4.57 Å². The number of aromatic nitrogens is 1. The number of aryl methyl sites for hydroxylation is 1. The molecule has 3 aliphatic carbocycles. The first-order valence-electron chi connectivity index (χ1n) is 13.1. The van der Waals surface area contributed by atoms with E-state index in [1.165, 1.54) is 33.7 Å². The number of Topliss-reactive ketones (excluding diaryl/α,β-unsaturated/α-hetero) is 1. The molecule has 2 aromatic carbocycles. The minimum absolute atomic E-state index is 0.0385. The number of aliphatic hydroxyl groups excluding tert-OH is 1. The molecule has 1 N–H and O–H groups in total. The smallest absolute Gasteiger partial charge is 0.221 e. The Bertz CT molecular complexity index is 1530. The van der Waals surface area contributed by atoms with Crippen LogP contribution in [0.4, 0.5) is 0 Å². The molecule has 0 atom stereocenters. The molecule has 0 spiro atoms. The fourth-order valence-corrected chi connectivity index (χ4v) is 6.39. The van der Waals surface area contributed by atoms with E-state index in [0.29, 0.717) is 24.2 Å². The van der Waals surface area contributed by atoms with Gasteiger partial charge in [0.25, 0.3) is 0 Å². The zero-order chi connectivity index (χ0) is 24.2. The first-order chi connectivity index (χ1) is 17.7. The first kappa shape index (κ1) is 21.4. The summed E-state index contributed by atoms with van der Waals surface area (Å²) in [6.45, 7) is 1.42. The van der Waals surface area contributed by atoms with Crippen LogP contribution in [-0.2, 0) is 30.7 Å². The van der Waals surface area contributed by atoms with Gasteiger partial charge in [0.1, 0.15) is 11.3 Å². The summed E-state index contributed by atoms with van der Waals surface area (Å²) in [5.41, 5.74) is 10.3. The van der Waals surface area contributed by atoms with Gasteiger partial charge in [-0.15, -0.1) is 0 Å². The van der Waals surface area contributed by atoms with Gasteiger partial charge in [-0.3, -0.25) is 4.79 Å². The van der Waals surface area contributed by atoms with Gasteiger partial charge in [0, 0.05) is 35.9 Å². The molecule has 4 nitrogen and oxygen atoms in total. The molecule has 0 amide bonds. The van der Waals surface area contributed by atoms with Crippen LogP contribution >= 0.6 is 0 Å². The predicted molar refractivity (Wildman–Crippen MR) is 141 cm³/mol. The number of benzene rings is 2. The fraction of sp³-hybridized carbons (Fsp3) is 0.250. The second kappa shape index (κ2) is 8.34. The van der Waals surface area contributed by atoms with E-state index in [4.69, 9.17) is 0 Å². The highest BCUT2D eigenvalue weighted by Crippen LogP contribution is 2.43. The van der Waals surface area contributed by atoms with Crippen LogP contribution in [0.15, 0.2) is 95.4 Å². The van der Waals surface area contributed by atoms with E-state index in [9.17, 15) is 9.90 Å². The SMILES string of the molecule is O=C1C(c2cc3c(n2Cc2ccccc2)CCC3)=C(O)/C1=C1\C=C2CCCC2=[N+]1Cc1ccccc1. The van der Waals surface area contributed by atoms with Crippen LogP contribution in [0.1, 0.15) is 53.8 Å². The van der Waals surface area contributed by atoms with Crippen molar-refractivity contribution in [2.24, 2.45) is 0 Å². The highest BCUT2D eigenvalue weighted by molar-refractivity contribution is 6.39. The number of aliphatic hydroxyl groups is 1. The van der Waals surface area contributed by atoms with Gasteiger partial charge in [-0.05, 0) is 49.3 Å². The van der Waals surface area contributed by atoms with Gasteiger partial charge in [0.05, 0.1) is 11.3 Å². The second-order valence-electron chi connectivity index (χ2n) is 10.3. The van der Waals surface area contributed by atoms with E-state index in [1.54, 1.807) is 0 Å². The molecule has 36 heavy (non-hydrogen) atoms. The normalized spacial score (nSPS) is 20.7. The van der Waals surface area contributed by atoms with E-state index in [0.717, 1.165) is 49.9 Å². The molecule has 1 saturated carbocycles. The van der Waals surface area contributed by atoms with E-state index < -0.39 is 0 Å². The zero-order valence-corrected chi connectivity index (χ0v) is 20.3. The van der Waals surface area contributed by atoms with E-state index in [1.807, 2.05) is 12.1 Å². The molecule has 0 saturated heterocycles. The number of allylic oxidation sites excluding steroid dienone is 4. The summed E-state index contributed by atoms with van der Waals surface area (Å²) in [7, 11) is 0. The maximum absolute atomic E-state index is 13.8. The van der Waals surface area contributed by atoms with Crippen molar-refractivity contribution in [1.29, 1.82) is 0 Å². The third-order valence-electron chi connectivity index (χ3n) is 8.12. The Morgan fingerprint density at radius 1 is 0.833 bits per heavy atom. The number of carbonyl (C=O) groups is 1. The number of ketones is 1. The molecule has 0 radical (unpaired) electrons. The monoisotopic (exact) mass is 473 g/mol. The molecule has 1 aromatic heterocycles. The van der Waals surface area contributed by atoms with Crippen LogP contribution in [0.3, 0.4) is 0 Å². The number of hydrogen-bond donors (Lipinski definition) is 1. The summed E-state index contributed by atoms with van der Waals surface area (Å²) in [4.78, 5) is 13.8. The molecule has 0 unspecified atom stereocenters. The third kappa shape index (κ3) is 3.28. The van der Waals surface area contributed by atoms with Gasteiger partial charge >= 0.3 is 0 Å². The largest absolute Gasteiger partial charge is 0.506 e. The summed E-state index contributed by atoms with van der Waals surface area (Å²) in [5.74, 6) is 0.111. The van der Waals surface area contributed by atoms with Crippen molar-refractivity contribution in [3.05, 3.63) is 123 Å². The topological polar surface area (TPSA) is 45.2 Å².